The number of hydrogen-bond donors (Lipinski definition) is 2. The highest BCUT2D eigenvalue weighted by atomic mass is 16.5. The number of carbonyl (C=O) groups is 2. The first-order chi connectivity index (χ1) is 6.10. The van der Waals surface area contributed by atoms with E-state index in [4.69, 9.17) is 9.84 Å². The molecule has 0 rings (SSSR count). The molecule has 13 heavy (non-hydrogen) atoms. The third-order valence-corrected chi connectivity index (χ3v) is 1.42. The second-order valence-electron chi connectivity index (χ2n) is 2.66. The standard InChI is InChI=1S/C8H15NO4/c1-6(5-10)13-8(12)4-3-7(11)9-2/h6,10H,3-5H2,1-2H3,(H,9,11). The molecule has 0 aromatic heterocycles. The zero-order valence-electron chi connectivity index (χ0n) is 7.87. The lowest BCUT2D eigenvalue weighted by Gasteiger charge is -2.09. The van der Waals surface area contributed by atoms with E-state index in [9.17, 15) is 9.59 Å². The minimum atomic E-state index is -0.503. The Labute approximate surface area is 77.1 Å². The van der Waals surface area contributed by atoms with Gasteiger partial charge in [-0.1, -0.05) is 0 Å². The molecule has 1 unspecified atom stereocenters. The summed E-state index contributed by atoms with van der Waals surface area (Å²) in [6.45, 7) is 1.38. The minimum absolute atomic E-state index is 0.0456. The first kappa shape index (κ1) is 11.9. The molecule has 0 spiro atoms. The van der Waals surface area contributed by atoms with Crippen molar-refractivity contribution in [2.75, 3.05) is 13.7 Å². The maximum absolute atomic E-state index is 10.9. The fourth-order valence-electron chi connectivity index (χ4n) is 0.661. The summed E-state index contributed by atoms with van der Waals surface area (Å²) in [6, 6.07) is 0. The number of amides is 1. The van der Waals surface area contributed by atoms with Gasteiger partial charge < -0.3 is 15.2 Å². The van der Waals surface area contributed by atoms with Crippen LogP contribution in [0.2, 0.25) is 0 Å². The number of hydrogen-bond acceptors (Lipinski definition) is 4. The summed E-state index contributed by atoms with van der Waals surface area (Å²) in [5, 5.41) is 10.9. The number of esters is 1. The van der Waals surface area contributed by atoms with E-state index in [2.05, 4.69) is 5.32 Å². The summed E-state index contributed by atoms with van der Waals surface area (Å²) in [4.78, 5) is 21.6. The molecule has 1 amide bonds. The predicted octanol–water partition coefficient (Wildman–Crippen LogP) is -0.563. The molecule has 2 N–H and O–H groups in total. The number of aliphatic hydroxyl groups excluding tert-OH is 1. The second-order valence-corrected chi connectivity index (χ2v) is 2.66. The molecule has 0 saturated carbocycles. The molecule has 5 heteroatoms. The zero-order valence-corrected chi connectivity index (χ0v) is 7.87. The van der Waals surface area contributed by atoms with Gasteiger partial charge in [-0.05, 0) is 6.92 Å². The quantitative estimate of drug-likeness (QED) is 0.568. The van der Waals surface area contributed by atoms with Gasteiger partial charge in [0.1, 0.15) is 6.10 Å². The van der Waals surface area contributed by atoms with E-state index in [0.29, 0.717) is 0 Å². The molecule has 0 aliphatic heterocycles. The molecule has 5 nitrogen and oxygen atoms in total. The summed E-state index contributed by atoms with van der Waals surface area (Å²) in [7, 11) is 1.50. The van der Waals surface area contributed by atoms with Crippen LogP contribution in [0.5, 0.6) is 0 Å². The molecule has 76 valence electrons. The van der Waals surface area contributed by atoms with Crippen LogP contribution in [-0.2, 0) is 14.3 Å². The van der Waals surface area contributed by atoms with Crippen LogP contribution in [0.15, 0.2) is 0 Å². The highest BCUT2D eigenvalue weighted by Crippen LogP contribution is 1.96. The van der Waals surface area contributed by atoms with E-state index in [1.807, 2.05) is 0 Å². The van der Waals surface area contributed by atoms with Crippen molar-refractivity contribution in [3.8, 4) is 0 Å². The van der Waals surface area contributed by atoms with E-state index in [-0.39, 0.29) is 25.4 Å². The summed E-state index contributed by atoms with van der Waals surface area (Å²) in [5.74, 6) is -0.668. The fourth-order valence-corrected chi connectivity index (χ4v) is 0.661. The van der Waals surface area contributed by atoms with E-state index < -0.39 is 12.1 Å². The Morgan fingerprint density at radius 1 is 1.46 bits per heavy atom. The number of rotatable bonds is 5. The van der Waals surface area contributed by atoms with E-state index in [0.717, 1.165) is 0 Å². The van der Waals surface area contributed by atoms with Crippen molar-refractivity contribution >= 4 is 11.9 Å². The lowest BCUT2D eigenvalue weighted by atomic mass is 10.3. The Bertz CT molecular complexity index is 181. The maximum atomic E-state index is 10.9. The normalized spacial score (nSPS) is 11.9. The maximum Gasteiger partial charge on any atom is 0.306 e. The van der Waals surface area contributed by atoms with Crippen LogP contribution in [0.25, 0.3) is 0 Å². The molecule has 0 aliphatic carbocycles. The minimum Gasteiger partial charge on any atom is -0.460 e. The van der Waals surface area contributed by atoms with Crippen molar-refractivity contribution in [2.45, 2.75) is 25.9 Å². The smallest absolute Gasteiger partial charge is 0.306 e. The summed E-state index contributed by atoms with van der Waals surface area (Å²) in [6.07, 6.45) is -0.338. The van der Waals surface area contributed by atoms with Crippen LogP contribution < -0.4 is 5.32 Å². The van der Waals surface area contributed by atoms with E-state index in [1.54, 1.807) is 6.92 Å². The number of nitrogens with one attached hydrogen (secondary N) is 1. The van der Waals surface area contributed by atoms with Gasteiger partial charge in [-0.2, -0.15) is 0 Å². The Kier molecular flexibility index (Phi) is 5.88. The Morgan fingerprint density at radius 3 is 2.54 bits per heavy atom. The van der Waals surface area contributed by atoms with Crippen molar-refractivity contribution in [3.63, 3.8) is 0 Å². The molecular formula is C8H15NO4. The molecule has 0 aliphatic rings. The fraction of sp³-hybridized carbons (Fsp3) is 0.750. The molecule has 0 aromatic carbocycles. The predicted molar refractivity (Wildman–Crippen MR) is 45.9 cm³/mol. The largest absolute Gasteiger partial charge is 0.460 e. The van der Waals surface area contributed by atoms with Gasteiger partial charge >= 0.3 is 5.97 Å². The average molecular weight is 189 g/mol. The third kappa shape index (κ3) is 6.10. The number of ether oxygens (including phenoxy) is 1. The third-order valence-electron chi connectivity index (χ3n) is 1.42. The van der Waals surface area contributed by atoms with Gasteiger partial charge in [0.2, 0.25) is 5.91 Å². The van der Waals surface area contributed by atoms with Crippen LogP contribution in [0.4, 0.5) is 0 Å². The highest BCUT2D eigenvalue weighted by molar-refractivity contribution is 5.81. The lowest BCUT2D eigenvalue weighted by molar-refractivity contribution is -0.151. The Morgan fingerprint density at radius 2 is 2.08 bits per heavy atom. The van der Waals surface area contributed by atoms with Crippen LogP contribution in [0.3, 0.4) is 0 Å². The van der Waals surface area contributed by atoms with Gasteiger partial charge in [-0.25, -0.2) is 0 Å². The molecule has 0 bridgehead atoms. The van der Waals surface area contributed by atoms with Gasteiger partial charge in [0.15, 0.2) is 0 Å². The van der Waals surface area contributed by atoms with Crippen molar-refractivity contribution in [1.82, 2.24) is 5.32 Å². The molecule has 0 aromatic rings. The van der Waals surface area contributed by atoms with Gasteiger partial charge in [0.25, 0.3) is 0 Å². The summed E-state index contributed by atoms with van der Waals surface area (Å²) in [5.41, 5.74) is 0. The van der Waals surface area contributed by atoms with E-state index >= 15 is 0 Å². The van der Waals surface area contributed by atoms with Crippen LogP contribution in [-0.4, -0.2) is 36.7 Å². The zero-order chi connectivity index (χ0) is 10.3. The molecule has 0 radical (unpaired) electrons. The van der Waals surface area contributed by atoms with Gasteiger partial charge in [-0.15, -0.1) is 0 Å². The van der Waals surface area contributed by atoms with Crippen molar-refractivity contribution in [3.05, 3.63) is 0 Å². The molecule has 0 saturated heterocycles. The first-order valence-electron chi connectivity index (χ1n) is 4.11. The van der Waals surface area contributed by atoms with Gasteiger partial charge in [0, 0.05) is 13.5 Å². The molecule has 1 atom stereocenters. The van der Waals surface area contributed by atoms with Gasteiger partial charge in [-0.3, -0.25) is 9.59 Å². The SMILES string of the molecule is CNC(=O)CCC(=O)OC(C)CO. The lowest BCUT2D eigenvalue weighted by Crippen LogP contribution is -2.22. The monoisotopic (exact) mass is 189 g/mol. The van der Waals surface area contributed by atoms with Crippen LogP contribution in [0.1, 0.15) is 19.8 Å². The first-order valence-corrected chi connectivity index (χ1v) is 4.11. The Balaban J connectivity index is 3.57. The van der Waals surface area contributed by atoms with E-state index in [1.165, 1.54) is 7.05 Å². The van der Waals surface area contributed by atoms with Crippen LogP contribution in [0, 0.1) is 0 Å². The summed E-state index contributed by atoms with van der Waals surface area (Å²) < 4.78 is 4.73. The van der Waals surface area contributed by atoms with Crippen molar-refractivity contribution < 1.29 is 19.4 Å². The van der Waals surface area contributed by atoms with Crippen molar-refractivity contribution in [2.24, 2.45) is 0 Å². The topological polar surface area (TPSA) is 75.6 Å². The molecule has 0 fully saturated rings. The number of aliphatic hydroxyl groups is 1. The van der Waals surface area contributed by atoms with Crippen LogP contribution >= 0.6 is 0 Å². The number of carbonyl (C=O) groups excluding carboxylic acids is 2. The summed E-state index contributed by atoms with van der Waals surface area (Å²) >= 11 is 0. The van der Waals surface area contributed by atoms with Gasteiger partial charge in [0.05, 0.1) is 13.0 Å². The Hall–Kier alpha value is -1.10. The molecule has 0 heterocycles. The highest BCUT2D eigenvalue weighted by Gasteiger charge is 2.09. The average Bonchev–Trinajstić information content (AvgIpc) is 2.13. The van der Waals surface area contributed by atoms with Crippen molar-refractivity contribution in [1.29, 1.82) is 0 Å². The molecular weight excluding hydrogens is 174 g/mol. The second kappa shape index (κ2) is 6.42.